The monoisotopic (exact) mass is 317 g/mol. The Morgan fingerprint density at radius 3 is 2.73 bits per heavy atom. The Hall–Kier alpha value is -1.51. The van der Waals surface area contributed by atoms with Crippen molar-refractivity contribution in [3.8, 4) is 5.75 Å². The van der Waals surface area contributed by atoms with Gasteiger partial charge >= 0.3 is 0 Å². The summed E-state index contributed by atoms with van der Waals surface area (Å²) in [6.45, 7) is 7.77. The van der Waals surface area contributed by atoms with E-state index in [1.54, 1.807) is 0 Å². The van der Waals surface area contributed by atoms with Crippen molar-refractivity contribution in [2.45, 2.75) is 46.4 Å². The molecule has 0 bridgehead atoms. The van der Waals surface area contributed by atoms with E-state index in [-0.39, 0.29) is 0 Å². The molecule has 22 heavy (non-hydrogen) atoms. The van der Waals surface area contributed by atoms with Crippen LogP contribution in [0.2, 0.25) is 5.02 Å². The highest BCUT2D eigenvalue weighted by atomic mass is 35.5. The maximum absolute atomic E-state index is 6.12. The molecule has 2 rings (SSSR count). The van der Waals surface area contributed by atoms with E-state index in [1.807, 2.05) is 18.2 Å². The fourth-order valence-corrected chi connectivity index (χ4v) is 2.41. The van der Waals surface area contributed by atoms with Crippen LogP contribution in [0.3, 0.4) is 0 Å². The molecule has 0 saturated carbocycles. The maximum atomic E-state index is 6.12. The zero-order valence-corrected chi connectivity index (χ0v) is 14.3. The van der Waals surface area contributed by atoms with Gasteiger partial charge in [-0.3, -0.25) is 0 Å². The highest BCUT2D eigenvalue weighted by molar-refractivity contribution is 6.30. The third-order valence-corrected chi connectivity index (χ3v) is 3.99. The molecule has 3 heteroatoms. The van der Waals surface area contributed by atoms with E-state index in [0.717, 1.165) is 29.3 Å². The molecule has 0 amide bonds. The molecule has 0 aromatic heterocycles. The molecule has 0 fully saturated rings. The molecule has 0 spiro atoms. The summed E-state index contributed by atoms with van der Waals surface area (Å²) in [6.07, 6.45) is 1.10. The lowest BCUT2D eigenvalue weighted by atomic mass is 10.1. The van der Waals surface area contributed by atoms with E-state index >= 15 is 0 Å². The summed E-state index contributed by atoms with van der Waals surface area (Å²) in [5.74, 6) is 0.890. The minimum atomic E-state index is 0.476. The average molecular weight is 318 g/mol. The number of benzene rings is 2. The summed E-state index contributed by atoms with van der Waals surface area (Å²) < 4.78 is 6.00. The number of hydrogen-bond donors (Lipinski definition) is 1. The normalized spacial score (nSPS) is 12.2. The first kappa shape index (κ1) is 16.9. The second-order valence-electron chi connectivity index (χ2n) is 5.72. The van der Waals surface area contributed by atoms with Gasteiger partial charge in [-0.15, -0.1) is 0 Å². The number of nitrogens with one attached hydrogen (secondary N) is 1. The lowest BCUT2D eigenvalue weighted by Gasteiger charge is -2.15. The zero-order chi connectivity index (χ0) is 15.9. The second-order valence-corrected chi connectivity index (χ2v) is 6.16. The van der Waals surface area contributed by atoms with Crippen molar-refractivity contribution >= 4 is 11.6 Å². The van der Waals surface area contributed by atoms with E-state index in [2.05, 4.69) is 50.4 Å². The Bertz CT molecular complexity index is 612. The molecule has 0 heterocycles. The van der Waals surface area contributed by atoms with Gasteiger partial charge in [0, 0.05) is 23.2 Å². The summed E-state index contributed by atoms with van der Waals surface area (Å²) in [5, 5.41) is 4.22. The topological polar surface area (TPSA) is 21.3 Å². The summed E-state index contributed by atoms with van der Waals surface area (Å²) in [7, 11) is 0. The third-order valence-electron chi connectivity index (χ3n) is 3.75. The Morgan fingerprint density at radius 2 is 2.00 bits per heavy atom. The van der Waals surface area contributed by atoms with Gasteiger partial charge in [0.05, 0.1) is 0 Å². The van der Waals surface area contributed by atoms with Crippen molar-refractivity contribution in [3.05, 3.63) is 64.2 Å². The van der Waals surface area contributed by atoms with Crippen molar-refractivity contribution in [1.29, 1.82) is 0 Å². The van der Waals surface area contributed by atoms with Gasteiger partial charge in [0.1, 0.15) is 12.4 Å². The van der Waals surface area contributed by atoms with Crippen LogP contribution in [0, 0.1) is 6.92 Å². The Kier molecular flexibility index (Phi) is 6.29. The van der Waals surface area contributed by atoms with Crippen LogP contribution in [0.25, 0.3) is 0 Å². The minimum absolute atomic E-state index is 0.476. The summed E-state index contributed by atoms with van der Waals surface area (Å²) in [4.78, 5) is 0. The van der Waals surface area contributed by atoms with Crippen molar-refractivity contribution in [3.63, 3.8) is 0 Å². The third kappa shape index (κ3) is 5.04. The quantitative estimate of drug-likeness (QED) is 0.765. The van der Waals surface area contributed by atoms with Gasteiger partial charge in [-0.1, -0.05) is 48.4 Å². The van der Waals surface area contributed by atoms with Crippen LogP contribution in [0.15, 0.2) is 42.5 Å². The molecule has 0 aliphatic rings. The van der Waals surface area contributed by atoms with Gasteiger partial charge < -0.3 is 10.1 Å². The van der Waals surface area contributed by atoms with Crippen molar-refractivity contribution in [2.75, 3.05) is 0 Å². The van der Waals surface area contributed by atoms with Gasteiger partial charge in [-0.25, -0.2) is 0 Å². The molecule has 2 aromatic carbocycles. The lowest BCUT2D eigenvalue weighted by molar-refractivity contribution is 0.301. The molecule has 2 aromatic rings. The van der Waals surface area contributed by atoms with Crippen LogP contribution in [-0.2, 0) is 13.2 Å². The van der Waals surface area contributed by atoms with Crippen LogP contribution >= 0.6 is 11.6 Å². The van der Waals surface area contributed by atoms with E-state index in [9.17, 15) is 0 Å². The van der Waals surface area contributed by atoms with Gasteiger partial charge in [-0.05, 0) is 44.0 Å². The largest absolute Gasteiger partial charge is 0.489 e. The van der Waals surface area contributed by atoms with Gasteiger partial charge in [-0.2, -0.15) is 0 Å². The predicted octanol–water partition coefficient (Wildman–Crippen LogP) is 5.12. The van der Waals surface area contributed by atoms with Crippen molar-refractivity contribution in [2.24, 2.45) is 0 Å². The number of halogens is 1. The van der Waals surface area contributed by atoms with Crippen LogP contribution in [0.4, 0.5) is 0 Å². The van der Waals surface area contributed by atoms with Crippen LogP contribution in [-0.4, -0.2) is 6.04 Å². The first-order chi connectivity index (χ1) is 10.6. The molecular weight excluding hydrogens is 294 g/mol. The number of ether oxygens (including phenoxy) is 1. The fourth-order valence-electron chi connectivity index (χ4n) is 2.22. The Labute approximate surface area is 138 Å². The molecule has 2 nitrogen and oxygen atoms in total. The van der Waals surface area contributed by atoms with Crippen molar-refractivity contribution in [1.82, 2.24) is 5.32 Å². The molecule has 0 aliphatic carbocycles. The van der Waals surface area contributed by atoms with E-state index in [4.69, 9.17) is 16.3 Å². The molecule has 0 radical (unpaired) electrons. The van der Waals surface area contributed by atoms with E-state index < -0.39 is 0 Å². The summed E-state index contributed by atoms with van der Waals surface area (Å²) in [5.41, 5.74) is 3.52. The maximum Gasteiger partial charge on any atom is 0.124 e. The van der Waals surface area contributed by atoms with Crippen LogP contribution in [0.5, 0.6) is 5.75 Å². The average Bonchev–Trinajstić information content (AvgIpc) is 2.51. The molecule has 0 aliphatic heterocycles. The number of hydrogen-bond acceptors (Lipinski definition) is 2. The molecule has 1 N–H and O–H groups in total. The van der Waals surface area contributed by atoms with Crippen LogP contribution in [0.1, 0.15) is 37.0 Å². The highest BCUT2D eigenvalue weighted by Gasteiger charge is 2.07. The summed E-state index contributed by atoms with van der Waals surface area (Å²) in [6, 6.07) is 14.7. The SMILES string of the molecule is CCC(C)NCc1cc(Cl)ccc1OCc1cccc(C)c1. The molecule has 1 atom stereocenters. The zero-order valence-electron chi connectivity index (χ0n) is 13.5. The van der Waals surface area contributed by atoms with Crippen molar-refractivity contribution < 1.29 is 4.74 Å². The minimum Gasteiger partial charge on any atom is -0.489 e. The number of aryl methyl sites for hydroxylation is 1. The highest BCUT2D eigenvalue weighted by Crippen LogP contribution is 2.24. The Morgan fingerprint density at radius 1 is 1.18 bits per heavy atom. The number of rotatable bonds is 7. The van der Waals surface area contributed by atoms with Gasteiger partial charge in [0.25, 0.3) is 0 Å². The lowest BCUT2D eigenvalue weighted by Crippen LogP contribution is -2.24. The second kappa shape index (κ2) is 8.21. The Balaban J connectivity index is 2.06. The standard InChI is InChI=1S/C19H24ClNO/c1-4-15(3)21-12-17-11-18(20)8-9-19(17)22-13-16-7-5-6-14(2)10-16/h5-11,15,21H,4,12-13H2,1-3H3. The molecular formula is C19H24ClNO. The molecule has 0 saturated heterocycles. The van der Waals surface area contributed by atoms with Gasteiger partial charge in [0.15, 0.2) is 0 Å². The first-order valence-electron chi connectivity index (χ1n) is 7.78. The van der Waals surface area contributed by atoms with Gasteiger partial charge in [0.2, 0.25) is 0 Å². The smallest absolute Gasteiger partial charge is 0.124 e. The fraction of sp³-hybridized carbons (Fsp3) is 0.368. The summed E-state index contributed by atoms with van der Waals surface area (Å²) >= 11 is 6.12. The first-order valence-corrected chi connectivity index (χ1v) is 8.16. The molecule has 118 valence electrons. The van der Waals surface area contributed by atoms with E-state index in [1.165, 1.54) is 11.1 Å². The van der Waals surface area contributed by atoms with Crippen LogP contribution < -0.4 is 10.1 Å². The predicted molar refractivity (Wildman–Crippen MR) is 93.6 cm³/mol. The van der Waals surface area contributed by atoms with E-state index in [0.29, 0.717) is 12.6 Å². The molecule has 1 unspecified atom stereocenters.